The van der Waals surface area contributed by atoms with Gasteiger partial charge in [0, 0.05) is 18.6 Å². The molecule has 4 heteroatoms. The number of rotatable bonds is 12. The average Bonchev–Trinajstić information content (AvgIpc) is 2.77. The van der Waals surface area contributed by atoms with Crippen molar-refractivity contribution in [1.82, 2.24) is 4.90 Å². The Morgan fingerprint density at radius 2 is 1.60 bits per heavy atom. The number of aliphatic hydroxyl groups is 1. The largest absolute Gasteiger partial charge is 0.463 e. The summed E-state index contributed by atoms with van der Waals surface area (Å²) >= 11 is 0. The molecule has 0 aliphatic carbocycles. The van der Waals surface area contributed by atoms with E-state index >= 15 is 0 Å². The summed E-state index contributed by atoms with van der Waals surface area (Å²) in [5.74, 6) is -0.290. The number of carbonyl (C=O) groups excluding carboxylic acids is 1. The van der Waals surface area contributed by atoms with Crippen molar-refractivity contribution in [1.29, 1.82) is 0 Å². The van der Waals surface area contributed by atoms with Gasteiger partial charge in [0.2, 0.25) is 0 Å². The van der Waals surface area contributed by atoms with Gasteiger partial charge >= 0.3 is 5.97 Å². The number of esters is 1. The minimum absolute atomic E-state index is 0.0424. The molecule has 0 aliphatic heterocycles. The van der Waals surface area contributed by atoms with Crippen LogP contribution in [0.3, 0.4) is 0 Å². The van der Waals surface area contributed by atoms with E-state index in [0.717, 1.165) is 30.4 Å². The van der Waals surface area contributed by atoms with Gasteiger partial charge in [-0.1, -0.05) is 94.3 Å². The molecule has 0 saturated carbocycles. The van der Waals surface area contributed by atoms with Crippen LogP contribution in [-0.4, -0.2) is 34.7 Å². The van der Waals surface area contributed by atoms with Crippen LogP contribution in [0.25, 0.3) is 0 Å². The van der Waals surface area contributed by atoms with Crippen molar-refractivity contribution in [2.75, 3.05) is 6.61 Å². The third-order valence-electron chi connectivity index (χ3n) is 5.43. The Labute approximate surface area is 181 Å². The molecule has 0 aromatic heterocycles. The molecule has 0 bridgehead atoms. The van der Waals surface area contributed by atoms with Crippen LogP contribution < -0.4 is 0 Å². The summed E-state index contributed by atoms with van der Waals surface area (Å²) in [6, 6.07) is 20.2. The summed E-state index contributed by atoms with van der Waals surface area (Å²) in [4.78, 5) is 14.9. The van der Waals surface area contributed by atoms with Crippen LogP contribution in [0.2, 0.25) is 0 Å². The molecule has 3 atom stereocenters. The maximum Gasteiger partial charge on any atom is 0.336 e. The van der Waals surface area contributed by atoms with E-state index in [4.69, 9.17) is 4.74 Å². The number of ether oxygens (including phenoxy) is 1. The van der Waals surface area contributed by atoms with Crippen LogP contribution in [0, 0.1) is 5.92 Å². The molecule has 0 spiro atoms. The van der Waals surface area contributed by atoms with E-state index in [9.17, 15) is 9.90 Å². The van der Waals surface area contributed by atoms with Gasteiger partial charge in [-0.15, -0.1) is 0 Å². The second kappa shape index (κ2) is 12.5. The molecule has 0 fully saturated rings. The lowest BCUT2D eigenvalue weighted by atomic mass is 9.96. The molecule has 0 heterocycles. The summed E-state index contributed by atoms with van der Waals surface area (Å²) in [5.41, 5.74) is 2.32. The molecule has 0 amide bonds. The van der Waals surface area contributed by atoms with Crippen molar-refractivity contribution in [3.8, 4) is 0 Å². The molecule has 4 nitrogen and oxygen atoms in total. The van der Waals surface area contributed by atoms with E-state index < -0.39 is 12.1 Å². The van der Waals surface area contributed by atoms with E-state index in [-0.39, 0.29) is 18.0 Å². The molecule has 0 unspecified atom stereocenters. The normalized spacial score (nSPS) is 14.5. The second-order valence-corrected chi connectivity index (χ2v) is 8.42. The molecule has 0 aliphatic rings. The standard InChI is InChI=1S/C26H37NO3/c1-5-6-17-24(25(28)26(29)30-19-20(2)3)27(18-22-13-9-7-10-14-22)21(4)23-15-11-8-12-16-23/h7-16,20-21,24-25,28H,5-6,17-19H2,1-4H3/t21-,24-,25-/m0/s1. The fourth-order valence-corrected chi connectivity index (χ4v) is 3.67. The average molecular weight is 412 g/mol. The number of benzene rings is 2. The van der Waals surface area contributed by atoms with Crippen LogP contribution >= 0.6 is 0 Å². The zero-order valence-electron chi connectivity index (χ0n) is 18.8. The Kier molecular flexibility index (Phi) is 10.0. The maximum atomic E-state index is 12.7. The van der Waals surface area contributed by atoms with Gasteiger partial charge in [-0.2, -0.15) is 0 Å². The van der Waals surface area contributed by atoms with Crippen molar-refractivity contribution in [2.45, 2.75) is 71.7 Å². The Hall–Kier alpha value is -2.17. The Balaban J connectivity index is 2.34. The lowest BCUT2D eigenvalue weighted by Gasteiger charge is -2.38. The first-order chi connectivity index (χ1) is 14.4. The molecule has 2 aromatic carbocycles. The second-order valence-electron chi connectivity index (χ2n) is 8.42. The van der Waals surface area contributed by atoms with Crippen LogP contribution in [0.5, 0.6) is 0 Å². The summed E-state index contributed by atoms with van der Waals surface area (Å²) in [6.45, 7) is 9.23. The van der Waals surface area contributed by atoms with Gasteiger partial charge < -0.3 is 9.84 Å². The SMILES string of the molecule is CCCC[C@@H]([C@H](O)C(=O)OCC(C)C)N(Cc1ccccc1)[C@@H](C)c1ccccc1. The molecule has 2 aromatic rings. The first-order valence-corrected chi connectivity index (χ1v) is 11.1. The highest BCUT2D eigenvalue weighted by Gasteiger charge is 2.35. The van der Waals surface area contributed by atoms with Crippen LogP contribution in [0.15, 0.2) is 60.7 Å². The zero-order chi connectivity index (χ0) is 21.9. The molecule has 30 heavy (non-hydrogen) atoms. The van der Waals surface area contributed by atoms with Crippen molar-refractivity contribution < 1.29 is 14.6 Å². The summed E-state index contributed by atoms with van der Waals surface area (Å²) in [6.07, 6.45) is 1.50. The van der Waals surface area contributed by atoms with E-state index in [2.05, 4.69) is 43.0 Å². The number of hydrogen-bond donors (Lipinski definition) is 1. The summed E-state index contributed by atoms with van der Waals surface area (Å²) < 4.78 is 5.40. The van der Waals surface area contributed by atoms with E-state index in [1.54, 1.807) is 0 Å². The molecule has 0 saturated heterocycles. The van der Waals surface area contributed by atoms with Gasteiger partial charge in [0.1, 0.15) is 0 Å². The lowest BCUT2D eigenvalue weighted by Crippen LogP contribution is -2.48. The zero-order valence-corrected chi connectivity index (χ0v) is 18.8. The first-order valence-electron chi connectivity index (χ1n) is 11.1. The highest BCUT2D eigenvalue weighted by molar-refractivity contribution is 5.75. The number of aliphatic hydroxyl groups excluding tert-OH is 1. The molecular formula is C26H37NO3. The minimum Gasteiger partial charge on any atom is -0.463 e. The number of unbranched alkanes of at least 4 members (excludes halogenated alkanes) is 1. The highest BCUT2D eigenvalue weighted by Crippen LogP contribution is 2.29. The van der Waals surface area contributed by atoms with Gasteiger partial charge in [-0.25, -0.2) is 4.79 Å². The van der Waals surface area contributed by atoms with Gasteiger partial charge in [-0.3, -0.25) is 4.90 Å². The summed E-state index contributed by atoms with van der Waals surface area (Å²) in [5, 5.41) is 11.0. The molecule has 2 rings (SSSR count). The Bertz CT molecular complexity index is 732. The summed E-state index contributed by atoms with van der Waals surface area (Å²) in [7, 11) is 0. The molecular weight excluding hydrogens is 374 g/mol. The number of carbonyl (C=O) groups is 1. The van der Waals surface area contributed by atoms with Gasteiger partial charge in [0.05, 0.1) is 6.61 Å². The first kappa shape index (κ1) is 24.1. The lowest BCUT2D eigenvalue weighted by molar-refractivity contribution is -0.159. The Morgan fingerprint density at radius 1 is 1.00 bits per heavy atom. The highest BCUT2D eigenvalue weighted by atomic mass is 16.5. The van der Waals surface area contributed by atoms with Gasteiger partial charge in [-0.05, 0) is 30.4 Å². The molecule has 0 radical (unpaired) electrons. The van der Waals surface area contributed by atoms with Gasteiger partial charge in [0.25, 0.3) is 0 Å². The monoisotopic (exact) mass is 411 g/mol. The van der Waals surface area contributed by atoms with Crippen molar-refractivity contribution in [3.05, 3.63) is 71.8 Å². The van der Waals surface area contributed by atoms with E-state index in [1.807, 2.05) is 50.2 Å². The third kappa shape index (κ3) is 7.26. The quantitative estimate of drug-likeness (QED) is 0.477. The van der Waals surface area contributed by atoms with Gasteiger partial charge in [0.15, 0.2) is 6.10 Å². The van der Waals surface area contributed by atoms with Crippen LogP contribution in [-0.2, 0) is 16.1 Å². The van der Waals surface area contributed by atoms with E-state index in [0.29, 0.717) is 13.2 Å². The minimum atomic E-state index is -1.18. The number of nitrogens with zero attached hydrogens (tertiary/aromatic N) is 1. The van der Waals surface area contributed by atoms with Crippen LogP contribution in [0.4, 0.5) is 0 Å². The fraction of sp³-hybridized carbons (Fsp3) is 0.500. The predicted octanol–water partition coefficient (Wildman–Crippen LogP) is 5.37. The fourth-order valence-electron chi connectivity index (χ4n) is 3.67. The smallest absolute Gasteiger partial charge is 0.336 e. The van der Waals surface area contributed by atoms with Crippen molar-refractivity contribution in [2.24, 2.45) is 5.92 Å². The van der Waals surface area contributed by atoms with Crippen molar-refractivity contribution in [3.63, 3.8) is 0 Å². The van der Waals surface area contributed by atoms with Crippen molar-refractivity contribution >= 4 is 5.97 Å². The van der Waals surface area contributed by atoms with Crippen LogP contribution in [0.1, 0.15) is 64.1 Å². The Morgan fingerprint density at radius 3 is 2.17 bits per heavy atom. The topological polar surface area (TPSA) is 49.8 Å². The third-order valence-corrected chi connectivity index (χ3v) is 5.43. The maximum absolute atomic E-state index is 12.7. The number of hydrogen-bond acceptors (Lipinski definition) is 4. The predicted molar refractivity (Wildman–Crippen MR) is 122 cm³/mol. The molecule has 1 N–H and O–H groups in total. The van der Waals surface area contributed by atoms with E-state index in [1.165, 1.54) is 0 Å². The molecule has 164 valence electrons.